The van der Waals surface area contributed by atoms with Crippen molar-refractivity contribution in [1.29, 1.82) is 0 Å². The van der Waals surface area contributed by atoms with E-state index in [1.807, 2.05) is 43.7 Å². The normalized spacial score (nSPS) is 20.8. The standard InChI is InChI=1S/C18H20N4O2/c1-21-11-12(10-20-21)8-16-17(23)5-7-22(16)18(24)14-2-3-15-13(9-14)4-6-19-15/h2-4,6,9-11,16-17,19,23H,5,7-8H2,1H3/t16-,17-/m1/s1. The van der Waals surface area contributed by atoms with Crippen molar-refractivity contribution in [3.8, 4) is 0 Å². The Labute approximate surface area is 139 Å². The van der Waals surface area contributed by atoms with Crippen molar-refractivity contribution in [2.24, 2.45) is 7.05 Å². The van der Waals surface area contributed by atoms with Gasteiger partial charge in [0.2, 0.25) is 0 Å². The highest BCUT2D eigenvalue weighted by Gasteiger charge is 2.36. The number of benzene rings is 1. The SMILES string of the molecule is Cn1cc(C[C@@H]2[C@H](O)CCN2C(=O)c2ccc3[nH]ccc3c2)cn1. The molecule has 2 atom stereocenters. The molecule has 0 bridgehead atoms. The number of H-pyrrole nitrogens is 1. The molecule has 2 N–H and O–H groups in total. The van der Waals surface area contributed by atoms with Crippen LogP contribution in [0.3, 0.4) is 0 Å². The van der Waals surface area contributed by atoms with Gasteiger partial charge < -0.3 is 15.0 Å². The lowest BCUT2D eigenvalue weighted by molar-refractivity contribution is 0.0640. The van der Waals surface area contributed by atoms with Crippen molar-refractivity contribution in [3.63, 3.8) is 0 Å². The summed E-state index contributed by atoms with van der Waals surface area (Å²) in [6.45, 7) is 0.579. The number of rotatable bonds is 3. The summed E-state index contributed by atoms with van der Waals surface area (Å²) in [5.74, 6) is -0.0245. The molecule has 3 heterocycles. The van der Waals surface area contributed by atoms with Gasteiger partial charge in [-0.05, 0) is 42.7 Å². The van der Waals surface area contributed by atoms with E-state index >= 15 is 0 Å². The van der Waals surface area contributed by atoms with Crippen LogP contribution in [0.2, 0.25) is 0 Å². The smallest absolute Gasteiger partial charge is 0.254 e. The molecule has 124 valence electrons. The highest BCUT2D eigenvalue weighted by Crippen LogP contribution is 2.25. The van der Waals surface area contributed by atoms with E-state index in [2.05, 4.69) is 10.1 Å². The second kappa shape index (κ2) is 5.79. The lowest BCUT2D eigenvalue weighted by Crippen LogP contribution is -2.41. The molecular weight excluding hydrogens is 304 g/mol. The third kappa shape index (κ3) is 2.59. The van der Waals surface area contributed by atoms with Gasteiger partial charge in [-0.2, -0.15) is 5.10 Å². The summed E-state index contributed by atoms with van der Waals surface area (Å²) in [5, 5.41) is 15.5. The van der Waals surface area contributed by atoms with E-state index < -0.39 is 6.10 Å². The molecule has 1 aliphatic heterocycles. The fourth-order valence-electron chi connectivity index (χ4n) is 3.51. The van der Waals surface area contributed by atoms with E-state index in [1.54, 1.807) is 15.8 Å². The number of aryl methyl sites for hydroxylation is 1. The Hall–Kier alpha value is -2.60. The van der Waals surface area contributed by atoms with Crippen molar-refractivity contribution >= 4 is 16.8 Å². The molecule has 0 spiro atoms. The number of aliphatic hydroxyl groups is 1. The first-order chi connectivity index (χ1) is 11.6. The number of hydrogen-bond donors (Lipinski definition) is 2. The number of likely N-dealkylation sites (tertiary alicyclic amines) is 1. The van der Waals surface area contributed by atoms with E-state index in [9.17, 15) is 9.90 Å². The van der Waals surface area contributed by atoms with Gasteiger partial charge in [0.25, 0.3) is 5.91 Å². The maximum atomic E-state index is 12.9. The van der Waals surface area contributed by atoms with Crippen molar-refractivity contribution in [2.45, 2.75) is 25.0 Å². The molecule has 2 aromatic heterocycles. The number of aromatic nitrogens is 3. The van der Waals surface area contributed by atoms with Crippen molar-refractivity contribution in [1.82, 2.24) is 19.7 Å². The molecule has 6 nitrogen and oxygen atoms in total. The molecule has 24 heavy (non-hydrogen) atoms. The van der Waals surface area contributed by atoms with Gasteiger partial charge in [-0.3, -0.25) is 9.48 Å². The van der Waals surface area contributed by atoms with Gasteiger partial charge in [0.15, 0.2) is 0 Å². The minimum atomic E-state index is -0.495. The van der Waals surface area contributed by atoms with Gasteiger partial charge in [-0.25, -0.2) is 0 Å². The molecule has 0 saturated carbocycles. The van der Waals surface area contributed by atoms with Crippen molar-refractivity contribution in [2.75, 3.05) is 6.54 Å². The minimum Gasteiger partial charge on any atom is -0.391 e. The number of carbonyl (C=O) groups excluding carboxylic acids is 1. The first-order valence-corrected chi connectivity index (χ1v) is 8.15. The molecule has 1 fully saturated rings. The average molecular weight is 324 g/mol. The van der Waals surface area contributed by atoms with Crippen molar-refractivity contribution in [3.05, 3.63) is 54.0 Å². The Bertz CT molecular complexity index is 882. The van der Waals surface area contributed by atoms with E-state index in [-0.39, 0.29) is 11.9 Å². The Morgan fingerprint density at radius 2 is 2.29 bits per heavy atom. The summed E-state index contributed by atoms with van der Waals surface area (Å²) in [5.41, 5.74) is 2.70. The molecule has 1 amide bonds. The van der Waals surface area contributed by atoms with Gasteiger partial charge in [0, 0.05) is 42.5 Å². The van der Waals surface area contributed by atoms with Crippen LogP contribution < -0.4 is 0 Å². The Morgan fingerprint density at radius 3 is 3.08 bits per heavy atom. The zero-order valence-corrected chi connectivity index (χ0v) is 13.5. The molecule has 6 heteroatoms. The molecule has 3 aromatic rings. The fourth-order valence-corrected chi connectivity index (χ4v) is 3.51. The predicted molar refractivity (Wildman–Crippen MR) is 90.7 cm³/mol. The largest absolute Gasteiger partial charge is 0.391 e. The first-order valence-electron chi connectivity index (χ1n) is 8.15. The molecule has 1 saturated heterocycles. The minimum absolute atomic E-state index is 0.0245. The van der Waals surface area contributed by atoms with Crippen LogP contribution in [-0.2, 0) is 13.5 Å². The molecule has 0 radical (unpaired) electrons. The van der Waals surface area contributed by atoms with Gasteiger partial charge >= 0.3 is 0 Å². The number of carbonyl (C=O) groups is 1. The van der Waals surface area contributed by atoms with Crippen LogP contribution in [-0.4, -0.2) is 49.4 Å². The third-order valence-corrected chi connectivity index (χ3v) is 4.77. The highest BCUT2D eigenvalue weighted by atomic mass is 16.3. The van der Waals surface area contributed by atoms with Crippen LogP contribution in [0, 0.1) is 0 Å². The van der Waals surface area contributed by atoms with Gasteiger partial charge in [0.1, 0.15) is 0 Å². The van der Waals surface area contributed by atoms with E-state index in [0.29, 0.717) is 24.9 Å². The van der Waals surface area contributed by atoms with Crippen LogP contribution in [0.1, 0.15) is 22.3 Å². The lowest BCUT2D eigenvalue weighted by Gasteiger charge is -2.26. The topological polar surface area (TPSA) is 74.2 Å². The summed E-state index contributed by atoms with van der Waals surface area (Å²) >= 11 is 0. The zero-order chi connectivity index (χ0) is 16.7. The van der Waals surface area contributed by atoms with E-state index in [0.717, 1.165) is 16.5 Å². The molecular formula is C18H20N4O2. The van der Waals surface area contributed by atoms with Crippen LogP contribution in [0.5, 0.6) is 0 Å². The highest BCUT2D eigenvalue weighted by molar-refractivity contribution is 5.98. The van der Waals surface area contributed by atoms with Crippen LogP contribution >= 0.6 is 0 Å². The number of nitrogens with zero attached hydrogens (tertiary/aromatic N) is 3. The number of fused-ring (bicyclic) bond motifs is 1. The van der Waals surface area contributed by atoms with Crippen molar-refractivity contribution < 1.29 is 9.90 Å². The van der Waals surface area contributed by atoms with Gasteiger partial charge in [-0.1, -0.05) is 0 Å². The van der Waals surface area contributed by atoms with Crippen LogP contribution in [0.4, 0.5) is 0 Å². The Kier molecular flexibility index (Phi) is 3.61. The summed E-state index contributed by atoms with van der Waals surface area (Å²) in [7, 11) is 1.86. The number of aliphatic hydroxyl groups excluding tert-OH is 1. The quantitative estimate of drug-likeness (QED) is 0.770. The average Bonchev–Trinajstić information content (AvgIpc) is 3.28. The number of nitrogens with one attached hydrogen (secondary N) is 1. The maximum absolute atomic E-state index is 12.9. The maximum Gasteiger partial charge on any atom is 0.254 e. The number of aromatic amines is 1. The Morgan fingerprint density at radius 1 is 1.42 bits per heavy atom. The summed E-state index contributed by atoms with van der Waals surface area (Å²) in [4.78, 5) is 17.9. The predicted octanol–water partition coefficient (Wildman–Crippen LogP) is 1.72. The number of amides is 1. The fraction of sp³-hybridized carbons (Fsp3) is 0.333. The molecule has 4 rings (SSSR count). The summed E-state index contributed by atoms with van der Waals surface area (Å²) in [6, 6.07) is 7.42. The molecule has 1 aliphatic rings. The van der Waals surface area contributed by atoms with Gasteiger partial charge in [0.05, 0.1) is 18.3 Å². The number of hydrogen-bond acceptors (Lipinski definition) is 3. The first kappa shape index (κ1) is 15.0. The summed E-state index contributed by atoms with van der Waals surface area (Å²) in [6.07, 6.45) is 6.32. The molecule has 1 aromatic carbocycles. The second-order valence-electron chi connectivity index (χ2n) is 6.43. The second-order valence-corrected chi connectivity index (χ2v) is 6.43. The van der Waals surface area contributed by atoms with Gasteiger partial charge in [-0.15, -0.1) is 0 Å². The third-order valence-electron chi connectivity index (χ3n) is 4.77. The summed E-state index contributed by atoms with van der Waals surface area (Å²) < 4.78 is 1.74. The zero-order valence-electron chi connectivity index (χ0n) is 13.5. The lowest BCUT2D eigenvalue weighted by atomic mass is 10.0. The Balaban J connectivity index is 1.59. The van der Waals surface area contributed by atoms with E-state index in [4.69, 9.17) is 0 Å². The molecule has 0 aliphatic carbocycles. The monoisotopic (exact) mass is 324 g/mol. The van der Waals surface area contributed by atoms with E-state index in [1.165, 1.54) is 0 Å². The van der Waals surface area contributed by atoms with Crippen LogP contribution in [0.25, 0.3) is 10.9 Å². The van der Waals surface area contributed by atoms with Crippen LogP contribution in [0.15, 0.2) is 42.9 Å². The molecule has 0 unspecified atom stereocenters.